The Kier molecular flexibility index (Phi) is 4.72. The molecule has 0 radical (unpaired) electrons. The molecule has 2 aromatic heterocycles. The van der Waals surface area contributed by atoms with E-state index in [0.717, 1.165) is 40.9 Å². The summed E-state index contributed by atoms with van der Waals surface area (Å²) in [6.45, 7) is 1.89. The smallest absolute Gasteiger partial charge is 0.255 e. The van der Waals surface area contributed by atoms with E-state index in [1.165, 1.54) is 11.3 Å². The van der Waals surface area contributed by atoms with Crippen LogP contribution in [0.25, 0.3) is 10.2 Å². The number of aromatic nitrogens is 2. The van der Waals surface area contributed by atoms with Gasteiger partial charge in [0.2, 0.25) is 0 Å². The van der Waals surface area contributed by atoms with Crippen LogP contribution in [0, 0.1) is 0 Å². The van der Waals surface area contributed by atoms with Crippen molar-refractivity contribution in [3.8, 4) is 0 Å². The van der Waals surface area contributed by atoms with Gasteiger partial charge in [-0.05, 0) is 37.1 Å². The van der Waals surface area contributed by atoms with E-state index in [4.69, 9.17) is 4.74 Å². The molecule has 25 heavy (non-hydrogen) atoms. The van der Waals surface area contributed by atoms with Gasteiger partial charge >= 0.3 is 0 Å². The van der Waals surface area contributed by atoms with Crippen molar-refractivity contribution in [2.75, 3.05) is 13.1 Å². The number of carbonyl (C=O) groups is 1. The number of fused-ring (bicyclic) bond motifs is 1. The van der Waals surface area contributed by atoms with Crippen molar-refractivity contribution in [1.29, 1.82) is 0 Å². The van der Waals surface area contributed by atoms with Crippen molar-refractivity contribution in [3.05, 3.63) is 59.4 Å². The Bertz CT molecular complexity index is 865. The van der Waals surface area contributed by atoms with E-state index >= 15 is 0 Å². The number of pyridine rings is 1. The third-order valence-corrected chi connectivity index (χ3v) is 5.32. The predicted molar refractivity (Wildman–Crippen MR) is 97.6 cm³/mol. The summed E-state index contributed by atoms with van der Waals surface area (Å²) < 4.78 is 6.95. The van der Waals surface area contributed by atoms with E-state index < -0.39 is 0 Å². The molecule has 1 aliphatic heterocycles. The molecule has 128 valence electrons. The molecule has 1 fully saturated rings. The van der Waals surface area contributed by atoms with Gasteiger partial charge in [-0.1, -0.05) is 12.1 Å². The first-order valence-electron chi connectivity index (χ1n) is 8.44. The average molecular weight is 353 g/mol. The Hall–Kier alpha value is -2.31. The monoisotopic (exact) mass is 353 g/mol. The summed E-state index contributed by atoms with van der Waals surface area (Å²) in [5, 5.41) is 0. The molecule has 0 aliphatic carbocycles. The number of hydrogen-bond donors (Lipinski definition) is 0. The minimum Gasteiger partial charge on any atom is -0.370 e. The topological polar surface area (TPSA) is 55.3 Å². The molecule has 3 heterocycles. The zero-order valence-corrected chi connectivity index (χ0v) is 14.6. The van der Waals surface area contributed by atoms with Crippen LogP contribution in [0.5, 0.6) is 0 Å². The third kappa shape index (κ3) is 3.55. The van der Waals surface area contributed by atoms with Crippen LogP contribution in [0.3, 0.4) is 0 Å². The van der Waals surface area contributed by atoms with E-state index in [1.807, 2.05) is 41.3 Å². The highest BCUT2D eigenvalue weighted by atomic mass is 32.1. The number of rotatable bonds is 4. The Morgan fingerprint density at radius 2 is 2.20 bits per heavy atom. The first-order chi connectivity index (χ1) is 12.3. The van der Waals surface area contributed by atoms with Crippen molar-refractivity contribution in [2.24, 2.45) is 0 Å². The van der Waals surface area contributed by atoms with Gasteiger partial charge in [0.05, 0.1) is 39.7 Å². The lowest BCUT2D eigenvalue weighted by Crippen LogP contribution is -2.43. The molecule has 6 heteroatoms. The fourth-order valence-electron chi connectivity index (χ4n) is 3.17. The van der Waals surface area contributed by atoms with Gasteiger partial charge < -0.3 is 9.64 Å². The number of nitrogens with zero attached hydrogens (tertiary/aromatic N) is 3. The number of carbonyl (C=O) groups excluding carboxylic acids is 1. The molecule has 1 aliphatic rings. The maximum absolute atomic E-state index is 13.0. The molecule has 1 amide bonds. The van der Waals surface area contributed by atoms with Crippen LogP contribution >= 0.6 is 11.3 Å². The molecule has 1 aromatic carbocycles. The van der Waals surface area contributed by atoms with Crippen LogP contribution in [0.4, 0.5) is 0 Å². The maximum atomic E-state index is 13.0. The van der Waals surface area contributed by atoms with E-state index in [-0.39, 0.29) is 12.0 Å². The predicted octanol–water partition coefficient (Wildman–Crippen LogP) is 3.51. The van der Waals surface area contributed by atoms with Gasteiger partial charge in [0, 0.05) is 19.3 Å². The molecule has 5 nitrogen and oxygen atoms in total. The van der Waals surface area contributed by atoms with Crippen molar-refractivity contribution < 1.29 is 9.53 Å². The molecule has 0 spiro atoms. The van der Waals surface area contributed by atoms with Crippen LogP contribution in [0.15, 0.2) is 48.1 Å². The number of ether oxygens (including phenoxy) is 1. The summed E-state index contributed by atoms with van der Waals surface area (Å²) >= 11 is 1.52. The fraction of sp³-hybridized carbons (Fsp3) is 0.316. The Morgan fingerprint density at radius 3 is 3.08 bits per heavy atom. The summed E-state index contributed by atoms with van der Waals surface area (Å²) in [5.41, 5.74) is 4.33. The Balaban J connectivity index is 1.44. The molecule has 4 rings (SSSR count). The fourth-order valence-corrected chi connectivity index (χ4v) is 3.97. The number of amides is 1. The summed E-state index contributed by atoms with van der Waals surface area (Å²) in [4.78, 5) is 23.5. The number of hydrogen-bond acceptors (Lipinski definition) is 5. The maximum Gasteiger partial charge on any atom is 0.255 e. The highest BCUT2D eigenvalue weighted by molar-refractivity contribution is 7.17. The minimum atomic E-state index is 0.0559. The molecule has 0 saturated carbocycles. The molecular formula is C19H19N3O2S. The van der Waals surface area contributed by atoms with E-state index in [0.29, 0.717) is 13.2 Å². The lowest BCUT2D eigenvalue weighted by Gasteiger charge is -2.32. The first-order valence-corrected chi connectivity index (χ1v) is 9.32. The summed E-state index contributed by atoms with van der Waals surface area (Å²) in [5.74, 6) is 0.0704. The van der Waals surface area contributed by atoms with Gasteiger partial charge in [0.1, 0.15) is 0 Å². The Morgan fingerprint density at radius 1 is 1.24 bits per heavy atom. The van der Waals surface area contributed by atoms with E-state index in [9.17, 15) is 4.79 Å². The molecule has 0 bridgehead atoms. The lowest BCUT2D eigenvalue weighted by atomic mass is 10.1. The molecule has 1 unspecified atom stereocenters. The highest BCUT2D eigenvalue weighted by Gasteiger charge is 2.26. The quantitative estimate of drug-likeness (QED) is 0.720. The number of likely N-dealkylation sites (tertiary alicyclic amines) is 1. The molecule has 3 aromatic rings. The Labute approximate surface area is 150 Å². The highest BCUT2D eigenvalue weighted by Crippen LogP contribution is 2.25. The van der Waals surface area contributed by atoms with Crippen LogP contribution in [0.2, 0.25) is 0 Å². The first kappa shape index (κ1) is 16.2. The minimum absolute atomic E-state index is 0.0559. The van der Waals surface area contributed by atoms with Crippen LogP contribution in [-0.2, 0) is 11.3 Å². The van der Waals surface area contributed by atoms with E-state index in [2.05, 4.69) is 9.97 Å². The van der Waals surface area contributed by atoms with Crippen LogP contribution in [0.1, 0.15) is 28.9 Å². The second-order valence-electron chi connectivity index (χ2n) is 6.15. The van der Waals surface area contributed by atoms with Gasteiger partial charge in [-0.3, -0.25) is 9.78 Å². The number of thiazole rings is 1. The van der Waals surface area contributed by atoms with Crippen molar-refractivity contribution >= 4 is 27.5 Å². The van der Waals surface area contributed by atoms with E-state index in [1.54, 1.807) is 11.7 Å². The SMILES string of the molecule is O=C(c1cccc2ncsc12)N1CCCC(OCc2ccccn2)C1. The lowest BCUT2D eigenvalue weighted by molar-refractivity contribution is -0.00779. The van der Waals surface area contributed by atoms with Gasteiger partial charge in [-0.25, -0.2) is 4.98 Å². The number of benzene rings is 1. The second kappa shape index (κ2) is 7.29. The van der Waals surface area contributed by atoms with Crippen LogP contribution in [-0.4, -0.2) is 40.0 Å². The average Bonchev–Trinajstić information content (AvgIpc) is 3.16. The second-order valence-corrected chi connectivity index (χ2v) is 7.01. The van der Waals surface area contributed by atoms with Gasteiger partial charge in [0.25, 0.3) is 5.91 Å². The standard InChI is InChI=1S/C19H19N3O2S/c23-19(16-7-3-8-17-18(16)25-13-21-17)22-10-4-6-15(11-22)24-12-14-5-1-2-9-20-14/h1-3,5,7-9,13,15H,4,6,10-12H2. The zero-order chi connectivity index (χ0) is 17.1. The summed E-state index contributed by atoms with van der Waals surface area (Å²) in [7, 11) is 0. The molecule has 1 saturated heterocycles. The molecule has 0 N–H and O–H groups in total. The summed E-state index contributed by atoms with van der Waals surface area (Å²) in [6.07, 6.45) is 3.75. The molecular weight excluding hydrogens is 334 g/mol. The zero-order valence-electron chi connectivity index (χ0n) is 13.8. The molecule has 1 atom stereocenters. The largest absolute Gasteiger partial charge is 0.370 e. The van der Waals surface area contributed by atoms with Crippen molar-refractivity contribution in [2.45, 2.75) is 25.6 Å². The van der Waals surface area contributed by atoms with Crippen molar-refractivity contribution in [1.82, 2.24) is 14.9 Å². The third-order valence-electron chi connectivity index (χ3n) is 4.45. The number of piperidine rings is 1. The van der Waals surface area contributed by atoms with Crippen LogP contribution < -0.4 is 0 Å². The normalized spacial score (nSPS) is 17.8. The van der Waals surface area contributed by atoms with Crippen molar-refractivity contribution in [3.63, 3.8) is 0 Å². The van der Waals surface area contributed by atoms with Gasteiger partial charge in [-0.2, -0.15) is 0 Å². The van der Waals surface area contributed by atoms with Gasteiger partial charge in [0.15, 0.2) is 0 Å². The van der Waals surface area contributed by atoms with Gasteiger partial charge in [-0.15, -0.1) is 11.3 Å². The summed E-state index contributed by atoms with van der Waals surface area (Å²) in [6, 6.07) is 11.5.